The summed E-state index contributed by atoms with van der Waals surface area (Å²) in [5, 5.41) is 18.8. The number of aliphatic hydroxyl groups excluding tert-OH is 1. The Morgan fingerprint density at radius 1 is 1.39 bits per heavy atom. The molecule has 3 N–H and O–H groups in total. The Labute approximate surface area is 112 Å². The van der Waals surface area contributed by atoms with Crippen LogP contribution >= 0.6 is 11.9 Å². The maximum atomic E-state index is 13.2. The van der Waals surface area contributed by atoms with Gasteiger partial charge in [0.1, 0.15) is 11.6 Å². The highest BCUT2D eigenvalue weighted by atomic mass is 32.2. The minimum absolute atomic E-state index is 0.00332. The molecule has 0 radical (unpaired) electrons. The molecule has 0 bridgehead atoms. The van der Waals surface area contributed by atoms with Crippen LogP contribution in [0.4, 0.5) is 4.39 Å². The van der Waals surface area contributed by atoms with Crippen molar-refractivity contribution in [3.05, 3.63) is 29.6 Å². The molecule has 0 aliphatic heterocycles. The van der Waals surface area contributed by atoms with Gasteiger partial charge in [-0.05, 0) is 45.4 Å². The lowest BCUT2D eigenvalue weighted by molar-refractivity contribution is 0.272. The summed E-state index contributed by atoms with van der Waals surface area (Å²) in [4.78, 5) is 0. The SMILES string of the molecule is CC(C)(C)SN[C@H](CCO)c1cc(F)ccc1O. The summed E-state index contributed by atoms with van der Waals surface area (Å²) in [7, 11) is 0. The highest BCUT2D eigenvalue weighted by molar-refractivity contribution is 7.98. The van der Waals surface area contributed by atoms with Crippen LogP contribution in [0, 0.1) is 5.82 Å². The number of aliphatic hydroxyl groups is 1. The maximum Gasteiger partial charge on any atom is 0.123 e. The molecule has 1 aromatic rings. The fourth-order valence-corrected chi connectivity index (χ4v) is 2.20. The molecule has 1 rings (SSSR count). The quantitative estimate of drug-likeness (QED) is 0.722. The molecule has 102 valence electrons. The van der Waals surface area contributed by atoms with Crippen molar-refractivity contribution in [2.24, 2.45) is 0 Å². The van der Waals surface area contributed by atoms with Gasteiger partial charge in [-0.25, -0.2) is 4.39 Å². The highest BCUT2D eigenvalue weighted by Crippen LogP contribution is 2.31. The van der Waals surface area contributed by atoms with E-state index < -0.39 is 5.82 Å². The average Bonchev–Trinajstić information content (AvgIpc) is 2.26. The first-order chi connectivity index (χ1) is 8.33. The van der Waals surface area contributed by atoms with Crippen LogP contribution < -0.4 is 4.72 Å². The van der Waals surface area contributed by atoms with Gasteiger partial charge in [-0.1, -0.05) is 11.9 Å². The van der Waals surface area contributed by atoms with Crippen molar-refractivity contribution in [2.75, 3.05) is 6.61 Å². The van der Waals surface area contributed by atoms with Crippen molar-refractivity contribution in [3.63, 3.8) is 0 Å². The van der Waals surface area contributed by atoms with Crippen LogP contribution in [0.2, 0.25) is 0 Å². The molecule has 0 saturated heterocycles. The minimum atomic E-state index is -0.395. The monoisotopic (exact) mass is 273 g/mol. The van der Waals surface area contributed by atoms with Crippen molar-refractivity contribution in [2.45, 2.75) is 38.0 Å². The zero-order valence-electron chi connectivity index (χ0n) is 10.9. The van der Waals surface area contributed by atoms with E-state index in [0.29, 0.717) is 12.0 Å². The average molecular weight is 273 g/mol. The van der Waals surface area contributed by atoms with Crippen LogP contribution in [0.15, 0.2) is 18.2 Å². The van der Waals surface area contributed by atoms with E-state index in [1.807, 2.05) is 20.8 Å². The molecule has 1 atom stereocenters. The molecule has 1 aromatic carbocycles. The molecule has 0 aliphatic carbocycles. The van der Waals surface area contributed by atoms with Gasteiger partial charge < -0.3 is 10.2 Å². The number of aromatic hydroxyl groups is 1. The normalized spacial score (nSPS) is 13.6. The summed E-state index contributed by atoms with van der Waals surface area (Å²) in [5.41, 5.74) is 0.473. The summed E-state index contributed by atoms with van der Waals surface area (Å²) in [5.74, 6) is -0.356. The third-order valence-corrected chi connectivity index (χ3v) is 3.30. The Bertz CT molecular complexity index is 393. The van der Waals surface area contributed by atoms with E-state index in [1.54, 1.807) is 0 Å². The summed E-state index contributed by atoms with van der Waals surface area (Å²) in [6, 6.07) is 3.56. The second-order valence-electron chi connectivity index (χ2n) is 5.10. The molecule has 0 heterocycles. The fourth-order valence-electron chi connectivity index (χ4n) is 1.46. The summed E-state index contributed by atoms with van der Waals surface area (Å²) < 4.78 is 16.4. The number of hydrogen-bond donors (Lipinski definition) is 3. The van der Waals surface area contributed by atoms with Gasteiger partial charge >= 0.3 is 0 Å². The third-order valence-electron chi connectivity index (χ3n) is 2.29. The smallest absolute Gasteiger partial charge is 0.123 e. The van der Waals surface area contributed by atoms with Crippen LogP contribution in [0.25, 0.3) is 0 Å². The predicted molar refractivity (Wildman–Crippen MR) is 73.0 cm³/mol. The largest absolute Gasteiger partial charge is 0.508 e. The lowest BCUT2D eigenvalue weighted by atomic mass is 10.0. The zero-order chi connectivity index (χ0) is 13.8. The molecule has 0 unspecified atom stereocenters. The molecule has 3 nitrogen and oxygen atoms in total. The van der Waals surface area contributed by atoms with E-state index in [0.717, 1.165) is 0 Å². The number of hydrogen-bond acceptors (Lipinski definition) is 4. The fraction of sp³-hybridized carbons (Fsp3) is 0.538. The lowest BCUT2D eigenvalue weighted by Crippen LogP contribution is -2.22. The highest BCUT2D eigenvalue weighted by Gasteiger charge is 2.19. The number of rotatable bonds is 5. The van der Waals surface area contributed by atoms with Gasteiger partial charge in [0, 0.05) is 23.0 Å². The summed E-state index contributed by atoms with van der Waals surface area (Å²) in [6.45, 7) is 6.11. The first-order valence-electron chi connectivity index (χ1n) is 5.86. The minimum Gasteiger partial charge on any atom is -0.508 e. The molecule has 5 heteroatoms. The molecule has 0 amide bonds. The number of phenols is 1. The Morgan fingerprint density at radius 2 is 2.06 bits per heavy atom. The summed E-state index contributed by atoms with van der Waals surface area (Å²) >= 11 is 1.50. The Morgan fingerprint density at radius 3 is 2.61 bits per heavy atom. The van der Waals surface area contributed by atoms with Crippen LogP contribution in [0.3, 0.4) is 0 Å². The lowest BCUT2D eigenvalue weighted by Gasteiger charge is -2.24. The molecule has 0 fully saturated rings. The maximum absolute atomic E-state index is 13.2. The Balaban J connectivity index is 2.86. The number of phenolic OH excluding ortho intramolecular Hbond substituents is 1. The van der Waals surface area contributed by atoms with E-state index in [9.17, 15) is 9.50 Å². The molecule has 18 heavy (non-hydrogen) atoms. The molecule has 0 saturated carbocycles. The molecular weight excluding hydrogens is 253 g/mol. The van der Waals surface area contributed by atoms with Crippen molar-refractivity contribution in [3.8, 4) is 5.75 Å². The zero-order valence-corrected chi connectivity index (χ0v) is 11.7. The Kier molecular flexibility index (Phi) is 5.44. The van der Waals surface area contributed by atoms with Gasteiger partial charge in [-0.15, -0.1) is 0 Å². The van der Waals surface area contributed by atoms with Crippen molar-refractivity contribution < 1.29 is 14.6 Å². The van der Waals surface area contributed by atoms with E-state index in [2.05, 4.69) is 4.72 Å². The first kappa shape index (κ1) is 15.3. The van der Waals surface area contributed by atoms with E-state index in [1.165, 1.54) is 30.1 Å². The van der Waals surface area contributed by atoms with Crippen molar-refractivity contribution in [1.82, 2.24) is 4.72 Å². The van der Waals surface area contributed by atoms with Gasteiger partial charge in [0.2, 0.25) is 0 Å². The second-order valence-corrected chi connectivity index (χ2v) is 6.76. The molecular formula is C13H20FNO2S. The van der Waals surface area contributed by atoms with Crippen LogP contribution in [0.5, 0.6) is 5.75 Å². The number of nitrogens with one attached hydrogen (secondary N) is 1. The predicted octanol–water partition coefficient (Wildman–Crippen LogP) is 2.99. The molecule has 0 spiro atoms. The van der Waals surface area contributed by atoms with Gasteiger partial charge in [-0.3, -0.25) is 4.72 Å². The second kappa shape index (κ2) is 6.41. The van der Waals surface area contributed by atoms with Gasteiger partial charge in [0.15, 0.2) is 0 Å². The Hall–Kier alpha value is -0.780. The third kappa shape index (κ3) is 4.84. The standard InChI is InChI=1S/C13H20FNO2S/c1-13(2,3)18-15-11(6-7-16)10-8-9(14)4-5-12(10)17/h4-5,8,11,15-17H,6-7H2,1-3H3/t11-/m1/s1. The van der Waals surface area contributed by atoms with Crippen LogP contribution in [-0.4, -0.2) is 21.6 Å². The van der Waals surface area contributed by atoms with Crippen LogP contribution in [-0.2, 0) is 0 Å². The molecule has 0 aliphatic rings. The van der Waals surface area contributed by atoms with Gasteiger partial charge in [0.05, 0.1) is 0 Å². The van der Waals surface area contributed by atoms with Gasteiger partial charge in [0.25, 0.3) is 0 Å². The summed E-state index contributed by atoms with van der Waals surface area (Å²) in [6.07, 6.45) is 0.417. The molecule has 0 aromatic heterocycles. The van der Waals surface area contributed by atoms with Crippen molar-refractivity contribution >= 4 is 11.9 Å². The van der Waals surface area contributed by atoms with E-state index in [4.69, 9.17) is 5.11 Å². The first-order valence-corrected chi connectivity index (χ1v) is 6.68. The van der Waals surface area contributed by atoms with E-state index >= 15 is 0 Å². The van der Waals surface area contributed by atoms with Crippen molar-refractivity contribution in [1.29, 1.82) is 0 Å². The van der Waals surface area contributed by atoms with E-state index in [-0.39, 0.29) is 23.1 Å². The van der Waals surface area contributed by atoms with Crippen LogP contribution in [0.1, 0.15) is 38.8 Å². The number of benzene rings is 1. The van der Waals surface area contributed by atoms with Gasteiger partial charge in [-0.2, -0.15) is 0 Å². The number of halogens is 1. The topological polar surface area (TPSA) is 52.5 Å².